The average Bonchev–Trinajstić information content (AvgIpc) is 1.90. The van der Waals surface area contributed by atoms with Crippen LogP contribution in [0.15, 0.2) is 0 Å². The van der Waals surface area contributed by atoms with E-state index in [0.717, 1.165) is 32.1 Å². The van der Waals surface area contributed by atoms with Gasteiger partial charge >= 0.3 is 0 Å². The fraction of sp³-hybridized carbons (Fsp3) is 0.625. The Morgan fingerprint density at radius 3 is 2.30 bits per heavy atom. The molecule has 0 bridgehead atoms. The van der Waals surface area contributed by atoms with Gasteiger partial charge < -0.3 is 19.3 Å². The van der Waals surface area contributed by atoms with Crippen LogP contribution in [0.3, 0.4) is 0 Å². The molecule has 1 aliphatic carbocycles. The van der Waals surface area contributed by atoms with Crippen molar-refractivity contribution in [3.05, 3.63) is 12.8 Å². The molecule has 1 aliphatic rings. The fourth-order valence-electron chi connectivity index (χ4n) is 1.13. The summed E-state index contributed by atoms with van der Waals surface area (Å²) < 4.78 is 0. The van der Waals surface area contributed by atoms with Gasteiger partial charge in [-0.25, -0.2) is 0 Å². The van der Waals surface area contributed by atoms with Crippen LogP contribution in [0.4, 0.5) is 0 Å². The minimum Gasteiger partial charge on any atom is -0.372 e. The summed E-state index contributed by atoms with van der Waals surface area (Å²) >= 11 is 0. The summed E-state index contributed by atoms with van der Waals surface area (Å²) in [5.74, 6) is 1.89. The summed E-state index contributed by atoms with van der Waals surface area (Å²) in [5.41, 5.74) is 0. The van der Waals surface area contributed by atoms with Gasteiger partial charge in [0.2, 0.25) is 0 Å². The second kappa shape index (κ2) is 5.43. The third-order valence-electron chi connectivity index (χ3n) is 1.87. The second-order valence-corrected chi connectivity index (χ2v) is 2.54. The Kier molecular flexibility index (Phi) is 5.85. The van der Waals surface area contributed by atoms with Gasteiger partial charge in [0.1, 0.15) is 5.78 Å². The number of hydrogen-bond donors (Lipinski definition) is 0. The van der Waals surface area contributed by atoms with Crippen LogP contribution in [0.1, 0.15) is 32.1 Å². The van der Waals surface area contributed by atoms with Crippen molar-refractivity contribution in [1.29, 1.82) is 0 Å². The van der Waals surface area contributed by atoms with Crippen molar-refractivity contribution >= 4 is 5.78 Å². The molecule has 1 saturated carbocycles. The zero-order chi connectivity index (χ0) is 6.69. The molecule has 1 fully saturated rings. The predicted octanol–water partition coefficient (Wildman–Crippen LogP) is 1.93. The maximum Gasteiger partial charge on any atom is 0.127 e. The van der Waals surface area contributed by atoms with Crippen LogP contribution in [0, 0.1) is 12.8 Å². The number of Topliss-reactive ketones (excluding diaryl/α,β-unsaturated/α-hetero) is 1. The van der Waals surface area contributed by atoms with Gasteiger partial charge in [-0.3, -0.25) is 4.79 Å². The van der Waals surface area contributed by atoms with Crippen LogP contribution >= 0.6 is 0 Å². The van der Waals surface area contributed by atoms with Crippen molar-refractivity contribution in [3.63, 3.8) is 0 Å². The molecule has 1 rings (SSSR count). The third kappa shape index (κ3) is 3.25. The van der Waals surface area contributed by atoms with Crippen molar-refractivity contribution in [1.82, 2.24) is 0 Å². The largest absolute Gasteiger partial charge is 0.372 e. The molecule has 0 amide bonds. The van der Waals surface area contributed by atoms with Gasteiger partial charge in [0.05, 0.1) is 0 Å². The van der Waals surface area contributed by atoms with Crippen LogP contribution in [0.5, 0.6) is 0 Å². The Morgan fingerprint density at radius 2 is 1.90 bits per heavy atom. The van der Waals surface area contributed by atoms with E-state index in [-0.39, 0.29) is 32.7 Å². The standard InChI is InChI=1S/C8H12O.Y/c1-2-7-3-5-8(9)6-4-7;/h1-6H2;/q-2;. The van der Waals surface area contributed by atoms with E-state index < -0.39 is 0 Å². The summed E-state index contributed by atoms with van der Waals surface area (Å²) in [4.78, 5) is 10.7. The third-order valence-corrected chi connectivity index (χ3v) is 1.87. The Bertz CT molecular complexity index is 102. The van der Waals surface area contributed by atoms with Gasteiger partial charge in [0.25, 0.3) is 0 Å². The molecule has 10 heavy (non-hydrogen) atoms. The van der Waals surface area contributed by atoms with Gasteiger partial charge in [-0.1, -0.05) is 0 Å². The maximum atomic E-state index is 10.7. The summed E-state index contributed by atoms with van der Waals surface area (Å²) in [7, 11) is 0. The zero-order valence-electron chi connectivity index (χ0n) is 6.23. The monoisotopic (exact) mass is 213 g/mol. The first kappa shape index (κ1) is 10.8. The molecule has 0 spiro atoms. The van der Waals surface area contributed by atoms with Crippen LogP contribution in [-0.4, -0.2) is 5.78 Å². The van der Waals surface area contributed by atoms with Gasteiger partial charge in [-0.05, 0) is 12.8 Å². The first-order valence-corrected chi connectivity index (χ1v) is 3.47. The van der Waals surface area contributed by atoms with E-state index in [1.165, 1.54) is 5.92 Å². The van der Waals surface area contributed by atoms with E-state index in [1.807, 2.05) is 0 Å². The van der Waals surface area contributed by atoms with Crippen LogP contribution in [0.25, 0.3) is 0 Å². The number of carbonyl (C=O) groups is 1. The SMILES string of the molecule is [CH2-]C[C-]1CCC(=O)CC1.[Y]. The summed E-state index contributed by atoms with van der Waals surface area (Å²) in [6.07, 6.45) is 4.47. The summed E-state index contributed by atoms with van der Waals surface area (Å²) in [6, 6.07) is 0. The van der Waals surface area contributed by atoms with E-state index in [2.05, 4.69) is 6.92 Å². The van der Waals surface area contributed by atoms with Gasteiger partial charge in [-0.15, -0.1) is 0 Å². The van der Waals surface area contributed by atoms with E-state index in [0.29, 0.717) is 5.78 Å². The Balaban J connectivity index is 0.000000810. The zero-order valence-corrected chi connectivity index (χ0v) is 9.07. The second-order valence-electron chi connectivity index (χ2n) is 2.54. The number of carbonyl (C=O) groups excluding carboxylic acids is 1. The van der Waals surface area contributed by atoms with Crippen LogP contribution in [0.2, 0.25) is 0 Å². The molecule has 1 nitrogen and oxygen atoms in total. The molecule has 2 heteroatoms. The smallest absolute Gasteiger partial charge is 0.127 e. The maximum absolute atomic E-state index is 10.7. The predicted molar refractivity (Wildman–Crippen MR) is 36.7 cm³/mol. The number of ketones is 1. The fourth-order valence-corrected chi connectivity index (χ4v) is 1.13. The molecular formula is C8H12OY-2. The molecule has 0 unspecified atom stereocenters. The van der Waals surface area contributed by atoms with Crippen LogP contribution < -0.4 is 0 Å². The first-order valence-electron chi connectivity index (χ1n) is 3.47. The van der Waals surface area contributed by atoms with Crippen molar-refractivity contribution in [2.45, 2.75) is 32.1 Å². The molecule has 0 aromatic carbocycles. The van der Waals surface area contributed by atoms with Crippen molar-refractivity contribution < 1.29 is 37.5 Å². The van der Waals surface area contributed by atoms with E-state index >= 15 is 0 Å². The van der Waals surface area contributed by atoms with E-state index in [4.69, 9.17) is 0 Å². The number of rotatable bonds is 1. The van der Waals surface area contributed by atoms with Gasteiger partial charge in [0.15, 0.2) is 0 Å². The molecule has 0 N–H and O–H groups in total. The molecule has 1 radical (unpaired) electrons. The molecular weight excluding hydrogens is 201 g/mol. The Hall–Kier alpha value is 0.774. The summed E-state index contributed by atoms with van der Waals surface area (Å²) in [5, 5.41) is 0. The molecule has 0 atom stereocenters. The molecule has 0 aromatic rings. The molecule has 55 valence electrons. The normalized spacial score (nSPS) is 20.3. The van der Waals surface area contributed by atoms with Crippen LogP contribution in [-0.2, 0) is 37.5 Å². The molecule has 0 aliphatic heterocycles. The number of hydrogen-bond acceptors (Lipinski definition) is 1. The quantitative estimate of drug-likeness (QED) is 0.608. The average molecular weight is 213 g/mol. The molecule has 0 saturated heterocycles. The first-order chi connectivity index (χ1) is 4.33. The topological polar surface area (TPSA) is 17.1 Å². The Labute approximate surface area is 87.8 Å². The molecule has 0 aromatic heterocycles. The molecule has 0 heterocycles. The Morgan fingerprint density at radius 1 is 1.40 bits per heavy atom. The van der Waals surface area contributed by atoms with Crippen molar-refractivity contribution in [3.8, 4) is 0 Å². The van der Waals surface area contributed by atoms with E-state index in [1.54, 1.807) is 0 Å². The van der Waals surface area contributed by atoms with Crippen molar-refractivity contribution in [2.75, 3.05) is 0 Å². The van der Waals surface area contributed by atoms with Gasteiger partial charge in [-0.2, -0.15) is 12.8 Å². The summed E-state index contributed by atoms with van der Waals surface area (Å²) in [6.45, 7) is 3.79. The van der Waals surface area contributed by atoms with E-state index in [9.17, 15) is 4.79 Å². The van der Waals surface area contributed by atoms with Crippen molar-refractivity contribution in [2.24, 2.45) is 0 Å². The van der Waals surface area contributed by atoms with Gasteiger partial charge in [0, 0.05) is 32.7 Å². The minimum atomic E-state index is 0. The minimum absolute atomic E-state index is 0.